The fourth-order valence-electron chi connectivity index (χ4n) is 4.08. The fourth-order valence-corrected chi connectivity index (χ4v) is 4.08. The van der Waals surface area contributed by atoms with Crippen LogP contribution in [0.4, 0.5) is 4.79 Å². The molecule has 0 bridgehead atoms. The van der Waals surface area contributed by atoms with Crippen LogP contribution in [0, 0.1) is 5.92 Å². The number of benzene rings is 1. The summed E-state index contributed by atoms with van der Waals surface area (Å²) in [7, 11) is 0. The predicted octanol–water partition coefficient (Wildman–Crippen LogP) is 4.30. The summed E-state index contributed by atoms with van der Waals surface area (Å²) in [5.41, 5.74) is 2.15. The zero-order chi connectivity index (χ0) is 18.0. The summed E-state index contributed by atoms with van der Waals surface area (Å²) < 4.78 is 5.67. The maximum absolute atomic E-state index is 12.8. The third-order valence-corrected chi connectivity index (χ3v) is 5.34. The zero-order valence-electron chi connectivity index (χ0n) is 16.0. The Kier molecular flexibility index (Phi) is 5.38. The van der Waals surface area contributed by atoms with Crippen LogP contribution < -0.4 is 5.32 Å². The van der Waals surface area contributed by atoms with Crippen molar-refractivity contribution in [2.45, 2.75) is 71.1 Å². The van der Waals surface area contributed by atoms with Crippen molar-refractivity contribution in [2.24, 2.45) is 5.92 Å². The van der Waals surface area contributed by atoms with Crippen molar-refractivity contribution in [1.29, 1.82) is 0 Å². The molecule has 4 nitrogen and oxygen atoms in total. The van der Waals surface area contributed by atoms with Gasteiger partial charge in [-0.2, -0.15) is 0 Å². The number of ether oxygens (including phenoxy) is 1. The van der Waals surface area contributed by atoms with Crippen LogP contribution in [0.1, 0.15) is 64.1 Å². The van der Waals surface area contributed by atoms with E-state index in [1.807, 2.05) is 25.7 Å². The maximum Gasteiger partial charge on any atom is 0.410 e. The molecule has 0 saturated heterocycles. The highest BCUT2D eigenvalue weighted by Gasteiger charge is 2.34. The molecule has 3 unspecified atom stereocenters. The van der Waals surface area contributed by atoms with E-state index in [0.717, 1.165) is 25.4 Å². The van der Waals surface area contributed by atoms with Crippen LogP contribution >= 0.6 is 0 Å². The number of fused-ring (bicyclic) bond motifs is 1. The molecule has 25 heavy (non-hydrogen) atoms. The van der Waals surface area contributed by atoms with Gasteiger partial charge in [-0.3, -0.25) is 4.90 Å². The van der Waals surface area contributed by atoms with E-state index in [0.29, 0.717) is 6.04 Å². The van der Waals surface area contributed by atoms with Crippen molar-refractivity contribution in [3.63, 3.8) is 0 Å². The van der Waals surface area contributed by atoms with Crippen LogP contribution in [0.2, 0.25) is 0 Å². The summed E-state index contributed by atoms with van der Waals surface area (Å²) >= 11 is 0. The number of rotatable bonds is 3. The number of amides is 1. The zero-order valence-corrected chi connectivity index (χ0v) is 16.0. The summed E-state index contributed by atoms with van der Waals surface area (Å²) in [5.74, 6) is 0.804. The van der Waals surface area contributed by atoms with E-state index in [4.69, 9.17) is 4.74 Å². The van der Waals surface area contributed by atoms with E-state index in [2.05, 4.69) is 36.5 Å². The molecule has 0 spiro atoms. The highest BCUT2D eigenvalue weighted by molar-refractivity contribution is 5.69. The molecule has 1 aliphatic carbocycles. The average molecular weight is 344 g/mol. The Hall–Kier alpha value is -1.55. The second kappa shape index (κ2) is 7.36. The van der Waals surface area contributed by atoms with Gasteiger partial charge in [0.1, 0.15) is 5.60 Å². The molecule has 1 aliphatic heterocycles. The molecule has 1 N–H and O–H groups in total. The van der Waals surface area contributed by atoms with Gasteiger partial charge in [-0.15, -0.1) is 0 Å². The van der Waals surface area contributed by atoms with Crippen molar-refractivity contribution >= 4 is 6.09 Å². The SMILES string of the molecule is CC1CCC(NCC2c3ccccc3CCN2C(=O)OC(C)(C)C)C1. The van der Waals surface area contributed by atoms with Gasteiger partial charge in [0, 0.05) is 19.1 Å². The smallest absolute Gasteiger partial charge is 0.410 e. The molecule has 3 rings (SSSR count). The van der Waals surface area contributed by atoms with Gasteiger partial charge in [0.15, 0.2) is 0 Å². The third-order valence-electron chi connectivity index (χ3n) is 5.34. The third kappa shape index (κ3) is 4.55. The monoisotopic (exact) mass is 344 g/mol. The van der Waals surface area contributed by atoms with Crippen LogP contribution in [0.5, 0.6) is 0 Å². The van der Waals surface area contributed by atoms with Crippen molar-refractivity contribution in [3.05, 3.63) is 35.4 Å². The number of nitrogens with one attached hydrogen (secondary N) is 1. The number of carbonyl (C=O) groups is 1. The van der Waals surface area contributed by atoms with Crippen LogP contribution in [-0.4, -0.2) is 35.7 Å². The Morgan fingerprint density at radius 2 is 2.04 bits per heavy atom. The molecule has 3 atom stereocenters. The van der Waals surface area contributed by atoms with Gasteiger partial charge in [0.2, 0.25) is 0 Å². The van der Waals surface area contributed by atoms with Crippen molar-refractivity contribution in [2.75, 3.05) is 13.1 Å². The van der Waals surface area contributed by atoms with Gasteiger partial charge in [-0.05, 0) is 63.5 Å². The first-order chi connectivity index (χ1) is 11.8. The maximum atomic E-state index is 12.8. The van der Waals surface area contributed by atoms with E-state index >= 15 is 0 Å². The molecule has 1 amide bonds. The number of nitrogens with zero attached hydrogens (tertiary/aromatic N) is 1. The molecule has 1 aromatic carbocycles. The minimum Gasteiger partial charge on any atom is -0.444 e. The van der Waals surface area contributed by atoms with Gasteiger partial charge >= 0.3 is 6.09 Å². The lowest BCUT2D eigenvalue weighted by atomic mass is 9.92. The van der Waals surface area contributed by atoms with Gasteiger partial charge in [-0.25, -0.2) is 4.79 Å². The van der Waals surface area contributed by atoms with E-state index in [-0.39, 0.29) is 12.1 Å². The highest BCUT2D eigenvalue weighted by Crippen LogP contribution is 2.32. The van der Waals surface area contributed by atoms with E-state index in [1.165, 1.54) is 30.4 Å². The summed E-state index contributed by atoms with van der Waals surface area (Å²) in [6.45, 7) is 9.62. The minimum absolute atomic E-state index is 0.0516. The van der Waals surface area contributed by atoms with E-state index in [1.54, 1.807) is 0 Å². The lowest BCUT2D eigenvalue weighted by Gasteiger charge is -2.38. The molecule has 1 heterocycles. The van der Waals surface area contributed by atoms with Crippen molar-refractivity contribution in [1.82, 2.24) is 10.2 Å². The van der Waals surface area contributed by atoms with E-state index in [9.17, 15) is 4.79 Å². The quantitative estimate of drug-likeness (QED) is 0.889. The summed E-state index contributed by atoms with van der Waals surface area (Å²) in [6, 6.07) is 9.13. The predicted molar refractivity (Wildman–Crippen MR) is 101 cm³/mol. The Balaban J connectivity index is 1.75. The molecule has 1 aromatic rings. The standard InChI is InChI=1S/C21H32N2O2/c1-15-9-10-17(13-15)22-14-19-18-8-6-5-7-16(18)11-12-23(19)20(24)25-21(2,3)4/h5-8,15,17,19,22H,9-14H2,1-4H3. The van der Waals surface area contributed by atoms with Crippen LogP contribution in [0.15, 0.2) is 24.3 Å². The lowest BCUT2D eigenvalue weighted by Crippen LogP contribution is -2.47. The molecule has 0 radical (unpaired) electrons. The minimum atomic E-state index is -0.465. The van der Waals surface area contributed by atoms with Crippen molar-refractivity contribution in [3.8, 4) is 0 Å². The van der Waals surface area contributed by atoms with Gasteiger partial charge in [0.05, 0.1) is 6.04 Å². The van der Waals surface area contributed by atoms with Gasteiger partial charge in [-0.1, -0.05) is 31.2 Å². The largest absolute Gasteiger partial charge is 0.444 e. The number of carbonyl (C=O) groups excluding carboxylic acids is 1. The van der Waals surface area contributed by atoms with Crippen LogP contribution in [0.3, 0.4) is 0 Å². The topological polar surface area (TPSA) is 41.6 Å². The molecule has 1 fully saturated rings. The normalized spacial score (nSPS) is 26.4. The molecular formula is C21H32N2O2. The fraction of sp³-hybridized carbons (Fsp3) is 0.667. The number of hydrogen-bond donors (Lipinski definition) is 1. The Morgan fingerprint density at radius 1 is 1.28 bits per heavy atom. The van der Waals surface area contributed by atoms with Crippen molar-refractivity contribution < 1.29 is 9.53 Å². The Bertz CT molecular complexity index is 608. The highest BCUT2D eigenvalue weighted by atomic mass is 16.6. The molecule has 4 heteroatoms. The number of hydrogen-bond acceptors (Lipinski definition) is 3. The average Bonchev–Trinajstić information content (AvgIpc) is 2.96. The first kappa shape index (κ1) is 18.2. The van der Waals surface area contributed by atoms with E-state index < -0.39 is 5.60 Å². The second-order valence-electron chi connectivity index (χ2n) is 8.66. The molecule has 138 valence electrons. The van der Waals surface area contributed by atoms with Crippen LogP contribution in [-0.2, 0) is 11.2 Å². The molecule has 2 aliphatic rings. The summed E-state index contributed by atoms with van der Waals surface area (Å²) in [5, 5.41) is 3.72. The Labute approximate surface area is 151 Å². The first-order valence-electron chi connectivity index (χ1n) is 9.64. The van der Waals surface area contributed by atoms with Gasteiger partial charge < -0.3 is 10.1 Å². The van der Waals surface area contributed by atoms with Gasteiger partial charge in [0.25, 0.3) is 0 Å². The Morgan fingerprint density at radius 3 is 2.72 bits per heavy atom. The summed E-state index contributed by atoms with van der Waals surface area (Å²) in [6.07, 6.45) is 4.47. The molecule has 0 aromatic heterocycles. The summed E-state index contributed by atoms with van der Waals surface area (Å²) in [4.78, 5) is 14.7. The molecular weight excluding hydrogens is 312 g/mol. The first-order valence-corrected chi connectivity index (χ1v) is 9.64. The molecule has 1 saturated carbocycles. The second-order valence-corrected chi connectivity index (χ2v) is 8.66. The van der Waals surface area contributed by atoms with Crippen LogP contribution in [0.25, 0.3) is 0 Å². The lowest BCUT2D eigenvalue weighted by molar-refractivity contribution is 0.0139.